The summed E-state index contributed by atoms with van der Waals surface area (Å²) in [6, 6.07) is 9.47. The van der Waals surface area contributed by atoms with Crippen LogP contribution in [0.2, 0.25) is 0 Å². The molecule has 7 nitrogen and oxygen atoms in total. The van der Waals surface area contributed by atoms with Gasteiger partial charge in [0.05, 0.1) is 16.2 Å². The monoisotopic (exact) mass is 420 g/mol. The molecule has 2 aromatic rings. The van der Waals surface area contributed by atoms with Crippen molar-refractivity contribution in [3.63, 3.8) is 0 Å². The predicted octanol–water partition coefficient (Wildman–Crippen LogP) is 2.03. The zero-order valence-corrected chi connectivity index (χ0v) is 16.8. The van der Waals surface area contributed by atoms with Crippen molar-refractivity contribution in [3.05, 3.63) is 53.3 Å². The van der Waals surface area contributed by atoms with Crippen molar-refractivity contribution in [2.75, 3.05) is 18.4 Å². The summed E-state index contributed by atoms with van der Waals surface area (Å²) < 4.78 is 26.6. The minimum atomic E-state index is -3.65. The summed E-state index contributed by atoms with van der Waals surface area (Å²) in [4.78, 5) is 16.7. The molecule has 2 rings (SSSR count). The number of carbonyl (C=O) groups is 1. The van der Waals surface area contributed by atoms with Gasteiger partial charge in [-0.25, -0.2) is 13.1 Å². The van der Waals surface area contributed by atoms with Gasteiger partial charge < -0.3 is 11.1 Å². The van der Waals surface area contributed by atoms with Crippen LogP contribution in [-0.2, 0) is 10.0 Å². The summed E-state index contributed by atoms with van der Waals surface area (Å²) in [6.07, 6.45) is 0. The Balaban J connectivity index is 0.00000312. The number of sulfonamides is 1. The average molecular weight is 421 g/mol. The molecule has 1 amide bonds. The number of nitrogens with two attached hydrogens (primary N) is 1. The fourth-order valence-corrected chi connectivity index (χ4v) is 3.24. The van der Waals surface area contributed by atoms with E-state index < -0.39 is 10.0 Å². The number of hydrogen-bond donors (Lipinski definition) is 3. The van der Waals surface area contributed by atoms with Gasteiger partial charge in [-0.2, -0.15) is 0 Å². The minimum absolute atomic E-state index is 0. The Morgan fingerprint density at radius 1 is 1.15 bits per heavy atom. The van der Waals surface area contributed by atoms with E-state index in [1.165, 1.54) is 12.1 Å². The largest absolute Gasteiger partial charge is 0.329 e. The standard InChI is InChI=1S/C16H20N4O3S.2ClH/c1-11-6-7-15(12(2)19-11)16(21)20-13-4-3-5-14(10-13)24(22,23)18-9-8-17;;/h3-7,10,18H,8-9,17H2,1-2H3,(H,20,21);2*1H. The zero-order chi connectivity index (χ0) is 17.7. The van der Waals surface area contributed by atoms with Crippen LogP contribution in [0, 0.1) is 13.8 Å². The van der Waals surface area contributed by atoms with Crippen molar-refractivity contribution in [2.24, 2.45) is 5.73 Å². The number of hydrogen-bond acceptors (Lipinski definition) is 5. The predicted molar refractivity (Wildman–Crippen MR) is 107 cm³/mol. The number of carbonyl (C=O) groups excluding carboxylic acids is 1. The van der Waals surface area contributed by atoms with Crippen LogP contribution in [-0.4, -0.2) is 32.4 Å². The van der Waals surface area contributed by atoms with Crippen molar-refractivity contribution in [1.29, 1.82) is 0 Å². The first-order valence-electron chi connectivity index (χ1n) is 7.39. The summed E-state index contributed by atoms with van der Waals surface area (Å²) in [7, 11) is -3.65. The van der Waals surface area contributed by atoms with Gasteiger partial charge in [-0.3, -0.25) is 9.78 Å². The molecule has 4 N–H and O–H groups in total. The number of aryl methyl sites for hydroxylation is 2. The molecule has 0 fully saturated rings. The molecule has 10 heteroatoms. The van der Waals surface area contributed by atoms with E-state index in [2.05, 4.69) is 15.0 Å². The molecule has 0 spiro atoms. The molecule has 0 bridgehead atoms. The molecule has 26 heavy (non-hydrogen) atoms. The minimum Gasteiger partial charge on any atom is -0.329 e. The number of rotatable bonds is 6. The van der Waals surface area contributed by atoms with Crippen LogP contribution in [0.25, 0.3) is 0 Å². The van der Waals surface area contributed by atoms with Crippen LogP contribution in [0.15, 0.2) is 41.3 Å². The highest BCUT2D eigenvalue weighted by Crippen LogP contribution is 2.17. The van der Waals surface area contributed by atoms with Crippen molar-refractivity contribution >= 4 is 46.4 Å². The van der Waals surface area contributed by atoms with Gasteiger partial charge >= 0.3 is 0 Å². The smallest absolute Gasteiger partial charge is 0.257 e. The van der Waals surface area contributed by atoms with Gasteiger partial charge in [-0.15, -0.1) is 24.8 Å². The molecule has 0 atom stereocenters. The van der Waals surface area contributed by atoms with E-state index in [1.807, 2.05) is 6.92 Å². The molecule has 0 radical (unpaired) electrons. The first-order chi connectivity index (χ1) is 11.3. The van der Waals surface area contributed by atoms with Gasteiger partial charge in [0.25, 0.3) is 5.91 Å². The molecule has 0 aliphatic carbocycles. The molecule has 144 valence electrons. The zero-order valence-electron chi connectivity index (χ0n) is 14.4. The molecule has 0 aliphatic rings. The van der Waals surface area contributed by atoms with E-state index in [0.717, 1.165) is 5.69 Å². The number of halogens is 2. The van der Waals surface area contributed by atoms with E-state index >= 15 is 0 Å². The Hall–Kier alpha value is -1.71. The van der Waals surface area contributed by atoms with Crippen LogP contribution in [0.4, 0.5) is 5.69 Å². The van der Waals surface area contributed by atoms with Crippen molar-refractivity contribution < 1.29 is 13.2 Å². The number of nitrogens with one attached hydrogen (secondary N) is 2. The molecule has 0 aliphatic heterocycles. The maximum Gasteiger partial charge on any atom is 0.257 e. The fraction of sp³-hybridized carbons (Fsp3) is 0.250. The summed E-state index contributed by atoms with van der Waals surface area (Å²) in [5, 5.41) is 2.69. The summed E-state index contributed by atoms with van der Waals surface area (Å²) in [5.74, 6) is -0.343. The number of anilines is 1. The van der Waals surface area contributed by atoms with E-state index in [9.17, 15) is 13.2 Å². The summed E-state index contributed by atoms with van der Waals surface area (Å²) in [6.45, 7) is 3.94. The normalized spacial score (nSPS) is 10.4. The third-order valence-electron chi connectivity index (χ3n) is 3.31. The molecule has 0 unspecified atom stereocenters. The van der Waals surface area contributed by atoms with Crippen molar-refractivity contribution in [3.8, 4) is 0 Å². The van der Waals surface area contributed by atoms with Crippen LogP contribution in [0.3, 0.4) is 0 Å². The van der Waals surface area contributed by atoms with Gasteiger partial charge in [-0.1, -0.05) is 6.07 Å². The Labute approximate surface area is 165 Å². The summed E-state index contributed by atoms with van der Waals surface area (Å²) in [5.41, 5.74) is 7.57. The first-order valence-corrected chi connectivity index (χ1v) is 8.87. The average Bonchev–Trinajstić information content (AvgIpc) is 2.53. The topological polar surface area (TPSA) is 114 Å². The number of aromatic nitrogens is 1. The lowest BCUT2D eigenvalue weighted by atomic mass is 10.1. The highest BCUT2D eigenvalue weighted by atomic mass is 35.5. The Bertz CT molecular complexity index is 860. The van der Waals surface area contributed by atoms with E-state index in [-0.39, 0.29) is 48.7 Å². The van der Waals surface area contributed by atoms with Gasteiger partial charge in [0, 0.05) is 24.5 Å². The third kappa shape index (κ3) is 6.22. The van der Waals surface area contributed by atoms with E-state index in [0.29, 0.717) is 16.9 Å². The van der Waals surface area contributed by atoms with Gasteiger partial charge in [0.2, 0.25) is 10.0 Å². The lowest BCUT2D eigenvalue weighted by Crippen LogP contribution is -2.29. The highest BCUT2D eigenvalue weighted by molar-refractivity contribution is 7.89. The third-order valence-corrected chi connectivity index (χ3v) is 4.77. The lowest BCUT2D eigenvalue weighted by molar-refractivity contribution is 0.102. The van der Waals surface area contributed by atoms with Crippen molar-refractivity contribution in [1.82, 2.24) is 9.71 Å². The lowest BCUT2D eigenvalue weighted by Gasteiger charge is -2.10. The maximum absolute atomic E-state index is 12.3. The molecule has 1 aromatic carbocycles. The highest BCUT2D eigenvalue weighted by Gasteiger charge is 2.15. The maximum atomic E-state index is 12.3. The second-order valence-corrected chi connectivity index (χ2v) is 7.02. The van der Waals surface area contributed by atoms with Crippen LogP contribution in [0.1, 0.15) is 21.7 Å². The summed E-state index contributed by atoms with van der Waals surface area (Å²) >= 11 is 0. The number of nitrogens with zero attached hydrogens (tertiary/aromatic N) is 1. The molecule has 1 aromatic heterocycles. The Morgan fingerprint density at radius 3 is 2.46 bits per heavy atom. The Kier molecular flexibility index (Phi) is 9.75. The Morgan fingerprint density at radius 2 is 1.85 bits per heavy atom. The quantitative estimate of drug-likeness (QED) is 0.661. The first kappa shape index (κ1) is 24.3. The molecule has 0 saturated carbocycles. The number of pyridine rings is 1. The van der Waals surface area contributed by atoms with Crippen LogP contribution >= 0.6 is 24.8 Å². The number of amides is 1. The SMILES string of the molecule is Cc1ccc(C(=O)Nc2cccc(S(=O)(=O)NCCN)c2)c(C)n1.Cl.Cl. The molecule has 0 saturated heterocycles. The van der Waals surface area contributed by atoms with Crippen molar-refractivity contribution in [2.45, 2.75) is 18.7 Å². The van der Waals surface area contributed by atoms with Crippen LogP contribution in [0.5, 0.6) is 0 Å². The van der Waals surface area contributed by atoms with Gasteiger partial charge in [0.1, 0.15) is 0 Å². The second-order valence-electron chi connectivity index (χ2n) is 5.25. The molecule has 1 heterocycles. The van der Waals surface area contributed by atoms with E-state index in [4.69, 9.17) is 5.73 Å². The van der Waals surface area contributed by atoms with E-state index in [1.54, 1.807) is 31.2 Å². The fourth-order valence-electron chi connectivity index (χ4n) is 2.14. The molecular formula is C16H22Cl2N4O3S. The van der Waals surface area contributed by atoms with Crippen LogP contribution < -0.4 is 15.8 Å². The molecular weight excluding hydrogens is 399 g/mol. The van der Waals surface area contributed by atoms with Gasteiger partial charge in [0.15, 0.2) is 0 Å². The van der Waals surface area contributed by atoms with Gasteiger partial charge in [-0.05, 0) is 44.2 Å². The second kappa shape index (κ2) is 10.4. The number of benzene rings is 1.